The molecule has 0 aliphatic carbocycles. The Labute approximate surface area is 88.8 Å². The predicted octanol–water partition coefficient (Wildman–Crippen LogP) is 2.12. The minimum Gasteiger partial charge on any atom is -0.465 e. The van der Waals surface area contributed by atoms with Crippen molar-refractivity contribution in [2.45, 2.75) is 6.61 Å². The van der Waals surface area contributed by atoms with Gasteiger partial charge < -0.3 is 9.47 Å². The van der Waals surface area contributed by atoms with Crippen molar-refractivity contribution < 1.29 is 23.0 Å². The number of aromatic nitrogens is 1. The van der Waals surface area contributed by atoms with Crippen molar-refractivity contribution in [3.63, 3.8) is 0 Å². The molecule has 0 spiro atoms. The largest absolute Gasteiger partial charge is 0.465 e. The lowest BCUT2D eigenvalue weighted by Crippen LogP contribution is -2.07. The highest BCUT2D eigenvalue weighted by molar-refractivity contribution is 6.32. The van der Waals surface area contributed by atoms with Gasteiger partial charge in [0.25, 0.3) is 0 Å². The molecule has 0 atom stereocenters. The van der Waals surface area contributed by atoms with Crippen LogP contribution in [-0.2, 0) is 4.74 Å². The minimum atomic E-state index is -2.99. The average Bonchev–Trinajstić information content (AvgIpc) is 2.16. The zero-order valence-electron chi connectivity index (χ0n) is 7.54. The first-order valence-electron chi connectivity index (χ1n) is 3.74. The van der Waals surface area contributed by atoms with Gasteiger partial charge in [-0.25, -0.2) is 9.78 Å². The third-order valence-corrected chi connectivity index (χ3v) is 1.73. The second-order valence-electron chi connectivity index (χ2n) is 2.36. The standard InChI is InChI=1S/C8H6ClF2NO3/c1-14-7(13)4-2-3-5(12-6(4)9)15-8(10)11/h2-3,8H,1H3. The summed E-state index contributed by atoms with van der Waals surface area (Å²) >= 11 is 5.55. The SMILES string of the molecule is COC(=O)c1ccc(OC(F)F)nc1Cl. The van der Waals surface area contributed by atoms with E-state index in [9.17, 15) is 13.6 Å². The van der Waals surface area contributed by atoms with Gasteiger partial charge in [-0.3, -0.25) is 0 Å². The van der Waals surface area contributed by atoms with E-state index in [0.29, 0.717) is 0 Å². The van der Waals surface area contributed by atoms with Crippen LogP contribution in [0.15, 0.2) is 12.1 Å². The molecule has 1 aromatic heterocycles. The second-order valence-corrected chi connectivity index (χ2v) is 2.72. The number of alkyl halides is 2. The van der Waals surface area contributed by atoms with Crippen molar-refractivity contribution in [3.05, 3.63) is 22.8 Å². The van der Waals surface area contributed by atoms with E-state index in [1.807, 2.05) is 0 Å². The van der Waals surface area contributed by atoms with Gasteiger partial charge in [0, 0.05) is 6.07 Å². The summed E-state index contributed by atoms with van der Waals surface area (Å²) in [7, 11) is 1.17. The summed E-state index contributed by atoms with van der Waals surface area (Å²) in [5, 5.41) is -0.250. The fourth-order valence-electron chi connectivity index (χ4n) is 0.837. The Balaban J connectivity index is 2.93. The van der Waals surface area contributed by atoms with Crippen LogP contribution in [-0.4, -0.2) is 24.7 Å². The lowest BCUT2D eigenvalue weighted by atomic mass is 10.3. The first-order valence-corrected chi connectivity index (χ1v) is 4.12. The van der Waals surface area contributed by atoms with Gasteiger partial charge in [0.05, 0.1) is 12.7 Å². The predicted molar refractivity (Wildman–Crippen MR) is 47.2 cm³/mol. The fraction of sp³-hybridized carbons (Fsp3) is 0.250. The number of hydrogen-bond acceptors (Lipinski definition) is 4. The molecule has 1 rings (SSSR count). The van der Waals surface area contributed by atoms with E-state index in [-0.39, 0.29) is 16.6 Å². The molecule has 0 saturated carbocycles. The molecule has 0 fully saturated rings. The maximum Gasteiger partial charge on any atom is 0.388 e. The molecule has 0 saturated heterocycles. The number of carbonyl (C=O) groups is 1. The monoisotopic (exact) mass is 237 g/mol. The van der Waals surface area contributed by atoms with Crippen LogP contribution in [0.2, 0.25) is 5.15 Å². The summed E-state index contributed by atoms with van der Waals surface area (Å²) in [6, 6.07) is 2.29. The molecule has 0 amide bonds. The Morgan fingerprint density at radius 1 is 1.53 bits per heavy atom. The highest BCUT2D eigenvalue weighted by Gasteiger charge is 2.14. The molecular formula is C8H6ClF2NO3. The first kappa shape index (κ1) is 11.6. The van der Waals surface area contributed by atoms with Gasteiger partial charge >= 0.3 is 12.6 Å². The van der Waals surface area contributed by atoms with Crippen LogP contribution in [0.25, 0.3) is 0 Å². The van der Waals surface area contributed by atoms with E-state index in [0.717, 1.165) is 6.07 Å². The number of carbonyl (C=O) groups excluding carboxylic acids is 1. The number of hydrogen-bond donors (Lipinski definition) is 0. The number of rotatable bonds is 3. The number of halogens is 3. The Kier molecular flexibility index (Phi) is 3.79. The molecule has 15 heavy (non-hydrogen) atoms. The summed E-state index contributed by atoms with van der Waals surface area (Å²) in [6.45, 7) is -2.99. The third-order valence-electron chi connectivity index (χ3n) is 1.44. The van der Waals surface area contributed by atoms with Crippen molar-refractivity contribution >= 4 is 17.6 Å². The average molecular weight is 238 g/mol. The van der Waals surface area contributed by atoms with Crippen molar-refractivity contribution in [3.8, 4) is 5.88 Å². The highest BCUT2D eigenvalue weighted by atomic mass is 35.5. The van der Waals surface area contributed by atoms with Gasteiger partial charge in [-0.15, -0.1) is 0 Å². The van der Waals surface area contributed by atoms with E-state index in [2.05, 4.69) is 14.5 Å². The van der Waals surface area contributed by atoms with Crippen LogP contribution in [0.4, 0.5) is 8.78 Å². The molecule has 1 heterocycles. The zero-order chi connectivity index (χ0) is 11.4. The van der Waals surface area contributed by atoms with Crippen molar-refractivity contribution in [2.75, 3.05) is 7.11 Å². The Morgan fingerprint density at radius 3 is 2.67 bits per heavy atom. The second kappa shape index (κ2) is 4.88. The first-order chi connectivity index (χ1) is 7.04. The highest BCUT2D eigenvalue weighted by Crippen LogP contribution is 2.19. The summed E-state index contributed by atoms with van der Waals surface area (Å²) in [5.41, 5.74) is -0.0132. The van der Waals surface area contributed by atoms with Crippen LogP contribution >= 0.6 is 11.6 Å². The molecule has 4 nitrogen and oxygen atoms in total. The van der Waals surface area contributed by atoms with Crippen LogP contribution in [0.3, 0.4) is 0 Å². The summed E-state index contributed by atoms with van der Waals surface area (Å²) < 4.78 is 31.9. The van der Waals surface area contributed by atoms with Crippen LogP contribution < -0.4 is 4.74 Å². The fourth-order valence-corrected chi connectivity index (χ4v) is 1.06. The number of ether oxygens (including phenoxy) is 2. The normalized spacial score (nSPS) is 10.2. The summed E-state index contributed by atoms with van der Waals surface area (Å²) in [4.78, 5) is 14.5. The van der Waals surface area contributed by atoms with Gasteiger partial charge in [0.2, 0.25) is 5.88 Å². The topological polar surface area (TPSA) is 48.4 Å². The number of pyridine rings is 1. The molecular weight excluding hydrogens is 232 g/mol. The Hall–Kier alpha value is -1.43. The molecule has 0 bridgehead atoms. The molecule has 0 unspecified atom stereocenters. The summed E-state index contributed by atoms with van der Waals surface area (Å²) in [5.74, 6) is -1.06. The smallest absolute Gasteiger partial charge is 0.388 e. The van der Waals surface area contributed by atoms with E-state index < -0.39 is 12.6 Å². The zero-order valence-corrected chi connectivity index (χ0v) is 8.29. The third kappa shape index (κ3) is 3.02. The van der Waals surface area contributed by atoms with Gasteiger partial charge in [-0.05, 0) is 6.07 Å². The van der Waals surface area contributed by atoms with Gasteiger partial charge in [0.1, 0.15) is 5.15 Å². The Bertz CT molecular complexity index is 373. The van der Waals surface area contributed by atoms with Gasteiger partial charge in [0.15, 0.2) is 0 Å². The molecule has 0 radical (unpaired) electrons. The van der Waals surface area contributed by atoms with Crippen molar-refractivity contribution in [1.29, 1.82) is 0 Å². The minimum absolute atomic E-state index is 0.0132. The maximum atomic E-state index is 11.8. The molecule has 0 aliphatic heterocycles. The summed E-state index contributed by atoms with van der Waals surface area (Å²) in [6.07, 6.45) is 0. The van der Waals surface area contributed by atoms with E-state index >= 15 is 0 Å². The number of methoxy groups -OCH3 is 1. The lowest BCUT2D eigenvalue weighted by Gasteiger charge is -2.05. The van der Waals surface area contributed by atoms with Gasteiger partial charge in [-0.2, -0.15) is 8.78 Å². The van der Waals surface area contributed by atoms with Crippen molar-refractivity contribution in [2.24, 2.45) is 0 Å². The van der Waals surface area contributed by atoms with Gasteiger partial charge in [-0.1, -0.05) is 11.6 Å². The van der Waals surface area contributed by atoms with E-state index in [1.165, 1.54) is 13.2 Å². The Morgan fingerprint density at radius 2 is 2.20 bits per heavy atom. The molecule has 0 aliphatic rings. The lowest BCUT2D eigenvalue weighted by molar-refractivity contribution is -0.0528. The van der Waals surface area contributed by atoms with E-state index in [4.69, 9.17) is 11.6 Å². The molecule has 0 N–H and O–H groups in total. The quantitative estimate of drug-likeness (QED) is 0.597. The molecule has 7 heteroatoms. The number of esters is 1. The molecule has 1 aromatic rings. The van der Waals surface area contributed by atoms with E-state index in [1.54, 1.807) is 0 Å². The van der Waals surface area contributed by atoms with Crippen molar-refractivity contribution in [1.82, 2.24) is 4.98 Å². The molecule has 0 aromatic carbocycles. The van der Waals surface area contributed by atoms with Crippen LogP contribution in [0.1, 0.15) is 10.4 Å². The van der Waals surface area contributed by atoms with Crippen LogP contribution in [0.5, 0.6) is 5.88 Å². The molecule has 82 valence electrons. The number of nitrogens with zero attached hydrogens (tertiary/aromatic N) is 1. The van der Waals surface area contributed by atoms with Crippen LogP contribution in [0, 0.1) is 0 Å². The maximum absolute atomic E-state index is 11.8.